The summed E-state index contributed by atoms with van der Waals surface area (Å²) in [4.78, 5) is 4.44. The van der Waals surface area contributed by atoms with Gasteiger partial charge in [0.25, 0.3) is 0 Å². The summed E-state index contributed by atoms with van der Waals surface area (Å²) in [6.07, 6.45) is -3.37. The van der Waals surface area contributed by atoms with Crippen LogP contribution in [-0.2, 0) is 10.2 Å². The molecule has 0 bridgehead atoms. The van der Waals surface area contributed by atoms with E-state index in [0.29, 0.717) is 31.3 Å². The monoisotopic (exact) mass is 437 g/mol. The van der Waals surface area contributed by atoms with Crippen LogP contribution >= 0.6 is 0 Å². The molecule has 1 saturated heterocycles. The Morgan fingerprint density at radius 2 is 1.84 bits per heavy atom. The number of nitrogens with two attached hydrogens (primary N) is 1. The van der Waals surface area contributed by atoms with Crippen LogP contribution in [0.4, 0.5) is 18.9 Å². The van der Waals surface area contributed by atoms with Gasteiger partial charge in [-0.15, -0.1) is 13.2 Å². The predicted octanol–water partition coefficient (Wildman–Crippen LogP) is 3.79. The highest BCUT2D eigenvalue weighted by Crippen LogP contribution is 2.41. The van der Waals surface area contributed by atoms with Gasteiger partial charge in [0.15, 0.2) is 23.2 Å². The molecule has 0 spiro atoms. The highest BCUT2D eigenvalue weighted by Gasteiger charge is 2.36. The fourth-order valence-electron chi connectivity index (χ4n) is 3.72. The van der Waals surface area contributed by atoms with Crippen molar-refractivity contribution in [1.82, 2.24) is 0 Å². The Balaban J connectivity index is 1.54. The molecule has 0 aromatic heterocycles. The lowest BCUT2D eigenvalue weighted by Gasteiger charge is -2.36. The minimum Gasteiger partial charge on any atom is -0.454 e. The molecule has 0 amide bonds. The van der Waals surface area contributed by atoms with Crippen LogP contribution in [0.25, 0.3) is 0 Å². The quantitative estimate of drug-likeness (QED) is 0.547. The molecule has 0 atom stereocenters. The third kappa shape index (κ3) is 4.96. The van der Waals surface area contributed by atoms with Gasteiger partial charge in [0, 0.05) is 18.6 Å². The summed E-state index contributed by atoms with van der Waals surface area (Å²) in [6, 6.07) is 11.4. The molecule has 2 aliphatic rings. The van der Waals surface area contributed by atoms with Gasteiger partial charge in [0.05, 0.1) is 12.2 Å². The molecule has 2 aromatic rings. The first-order valence-electron chi connectivity index (χ1n) is 9.74. The van der Waals surface area contributed by atoms with Gasteiger partial charge in [-0.05, 0) is 42.7 Å². The van der Waals surface area contributed by atoms with Gasteiger partial charge in [0.2, 0.25) is 6.79 Å². The lowest BCUT2D eigenvalue weighted by molar-refractivity contribution is -0.274. The molecular formula is C21H22F3N3O4. The van der Waals surface area contributed by atoms with Crippen LogP contribution in [-0.4, -0.2) is 38.9 Å². The molecule has 2 aromatic carbocycles. The number of fused-ring (bicyclic) bond motifs is 1. The van der Waals surface area contributed by atoms with Gasteiger partial charge in [0.1, 0.15) is 0 Å². The van der Waals surface area contributed by atoms with E-state index in [1.54, 1.807) is 6.07 Å². The van der Waals surface area contributed by atoms with Gasteiger partial charge >= 0.3 is 6.36 Å². The zero-order valence-corrected chi connectivity index (χ0v) is 16.6. The maximum absolute atomic E-state index is 12.6. The van der Waals surface area contributed by atoms with E-state index in [1.165, 1.54) is 18.2 Å². The van der Waals surface area contributed by atoms with Gasteiger partial charge in [-0.25, -0.2) is 0 Å². The van der Waals surface area contributed by atoms with Gasteiger partial charge in [-0.3, -0.25) is 4.99 Å². The van der Waals surface area contributed by atoms with Crippen LogP contribution in [0, 0.1) is 0 Å². The largest absolute Gasteiger partial charge is 0.573 e. The number of benzene rings is 2. The molecule has 0 unspecified atom stereocenters. The van der Waals surface area contributed by atoms with E-state index in [1.807, 2.05) is 18.2 Å². The number of aliphatic imine (C=N–C) groups is 1. The Morgan fingerprint density at radius 1 is 1.10 bits per heavy atom. The summed E-state index contributed by atoms with van der Waals surface area (Å²) in [6.45, 7) is 1.65. The fourth-order valence-corrected chi connectivity index (χ4v) is 3.72. The Kier molecular flexibility index (Phi) is 5.81. The van der Waals surface area contributed by atoms with Crippen molar-refractivity contribution in [2.45, 2.75) is 24.6 Å². The second-order valence-corrected chi connectivity index (χ2v) is 7.33. The first-order chi connectivity index (χ1) is 14.8. The summed E-state index contributed by atoms with van der Waals surface area (Å²) in [5.74, 6) is 0.975. The highest BCUT2D eigenvalue weighted by molar-refractivity contribution is 5.93. The minimum absolute atomic E-state index is 0.00941. The van der Waals surface area contributed by atoms with E-state index in [4.69, 9.17) is 19.9 Å². The zero-order valence-electron chi connectivity index (χ0n) is 16.6. The second-order valence-electron chi connectivity index (χ2n) is 7.33. The number of nitrogens with zero attached hydrogens (tertiary/aromatic N) is 1. The first-order valence-corrected chi connectivity index (χ1v) is 9.74. The van der Waals surface area contributed by atoms with Crippen LogP contribution in [0.3, 0.4) is 0 Å². The minimum atomic E-state index is -4.81. The van der Waals surface area contributed by atoms with Crippen LogP contribution < -0.4 is 25.3 Å². The smallest absolute Gasteiger partial charge is 0.454 e. The average Bonchev–Trinajstić information content (AvgIpc) is 3.21. The lowest BCUT2D eigenvalue weighted by atomic mass is 9.74. The molecule has 0 radical (unpaired) electrons. The van der Waals surface area contributed by atoms with E-state index in [0.717, 1.165) is 18.4 Å². The molecule has 10 heteroatoms. The average molecular weight is 437 g/mol. The summed E-state index contributed by atoms with van der Waals surface area (Å²) in [7, 11) is 0. The molecule has 2 heterocycles. The van der Waals surface area contributed by atoms with E-state index < -0.39 is 6.36 Å². The number of hydrogen-bond donors (Lipinski definition) is 2. The van der Waals surface area contributed by atoms with Gasteiger partial charge in [-0.2, -0.15) is 0 Å². The summed E-state index contributed by atoms with van der Waals surface area (Å²) in [5, 5.41) is 2.71. The number of rotatable bonds is 5. The fraction of sp³-hybridized carbons (Fsp3) is 0.381. The first kappa shape index (κ1) is 21.1. The Morgan fingerprint density at radius 3 is 2.61 bits per heavy atom. The summed E-state index contributed by atoms with van der Waals surface area (Å²) in [5.41, 5.74) is 6.77. The van der Waals surface area contributed by atoms with Crippen LogP contribution in [0.2, 0.25) is 0 Å². The molecule has 166 valence electrons. The Hall–Kier alpha value is -3.14. The van der Waals surface area contributed by atoms with Crippen LogP contribution in [0.5, 0.6) is 17.2 Å². The number of ether oxygens (including phenoxy) is 4. The Labute approximate surface area is 176 Å². The molecular weight excluding hydrogens is 415 g/mol. The number of halogens is 3. The third-order valence-corrected chi connectivity index (χ3v) is 5.36. The number of nitrogens with one attached hydrogen (secondary N) is 1. The standard InChI is InChI=1S/C21H22F3N3O4/c22-21(23,24)31-16-4-2-1-3-15(16)27-19(25)26-12-20(7-9-28-10-8-20)14-5-6-17-18(11-14)30-13-29-17/h1-6,11H,7-10,12-13H2,(H3,25,26,27). The number of para-hydroxylation sites is 2. The molecule has 0 aliphatic carbocycles. The van der Waals surface area contributed by atoms with Crippen molar-refractivity contribution in [2.24, 2.45) is 10.7 Å². The highest BCUT2D eigenvalue weighted by atomic mass is 19.4. The topological polar surface area (TPSA) is 87.3 Å². The van der Waals surface area contributed by atoms with Gasteiger partial charge < -0.3 is 30.0 Å². The van der Waals surface area contributed by atoms with Crippen molar-refractivity contribution in [3.05, 3.63) is 48.0 Å². The van der Waals surface area contributed by atoms with E-state index in [9.17, 15) is 13.2 Å². The Bertz CT molecular complexity index is 959. The molecule has 2 aliphatic heterocycles. The summed E-state index contributed by atoms with van der Waals surface area (Å²) < 4.78 is 58.4. The van der Waals surface area contributed by atoms with E-state index >= 15 is 0 Å². The number of alkyl halides is 3. The molecule has 7 nitrogen and oxygen atoms in total. The van der Waals surface area contributed by atoms with Crippen molar-refractivity contribution in [3.63, 3.8) is 0 Å². The molecule has 3 N–H and O–H groups in total. The molecule has 4 rings (SSSR count). The summed E-state index contributed by atoms with van der Waals surface area (Å²) >= 11 is 0. The van der Waals surface area contributed by atoms with Crippen LogP contribution in [0.1, 0.15) is 18.4 Å². The molecule has 31 heavy (non-hydrogen) atoms. The van der Waals surface area contributed by atoms with Crippen molar-refractivity contribution >= 4 is 11.6 Å². The molecule has 1 fully saturated rings. The number of anilines is 1. The van der Waals surface area contributed by atoms with Crippen molar-refractivity contribution in [3.8, 4) is 17.2 Å². The maximum atomic E-state index is 12.6. The maximum Gasteiger partial charge on any atom is 0.573 e. The number of guanidine groups is 1. The lowest BCUT2D eigenvalue weighted by Crippen LogP contribution is -2.38. The predicted molar refractivity (Wildman–Crippen MR) is 108 cm³/mol. The van der Waals surface area contributed by atoms with E-state index in [-0.39, 0.29) is 29.6 Å². The third-order valence-electron chi connectivity index (χ3n) is 5.36. The van der Waals surface area contributed by atoms with Crippen LogP contribution in [0.15, 0.2) is 47.5 Å². The molecule has 0 saturated carbocycles. The zero-order chi connectivity index (χ0) is 21.9. The second kappa shape index (κ2) is 8.54. The van der Waals surface area contributed by atoms with Crippen molar-refractivity contribution < 1.29 is 32.1 Å². The van der Waals surface area contributed by atoms with Crippen molar-refractivity contribution in [2.75, 3.05) is 31.9 Å². The number of hydrogen-bond acceptors (Lipinski definition) is 5. The van der Waals surface area contributed by atoms with Crippen molar-refractivity contribution in [1.29, 1.82) is 0 Å². The van der Waals surface area contributed by atoms with Gasteiger partial charge in [-0.1, -0.05) is 18.2 Å². The normalized spacial score (nSPS) is 18.0. The van der Waals surface area contributed by atoms with E-state index in [2.05, 4.69) is 15.0 Å². The SMILES string of the molecule is NC(=NCC1(c2ccc3c(c2)OCO3)CCOCC1)Nc1ccccc1OC(F)(F)F.